The molecule has 2 aromatic carbocycles. The Morgan fingerprint density at radius 2 is 1.76 bits per heavy atom. The van der Waals surface area contributed by atoms with Gasteiger partial charge in [0.15, 0.2) is 0 Å². The van der Waals surface area contributed by atoms with Crippen molar-refractivity contribution in [3.8, 4) is 11.1 Å². The fourth-order valence-corrected chi connectivity index (χ4v) is 2.10. The molecule has 86 valence electrons. The molecule has 0 aromatic heterocycles. The summed E-state index contributed by atoms with van der Waals surface area (Å²) >= 11 is 0. The third-order valence-electron chi connectivity index (χ3n) is 2.99. The molecule has 0 N–H and O–H groups in total. The van der Waals surface area contributed by atoms with Gasteiger partial charge >= 0.3 is 0 Å². The number of rotatable bonds is 4. The second-order valence-electron chi connectivity index (χ2n) is 4.23. The van der Waals surface area contributed by atoms with E-state index < -0.39 is 0 Å². The summed E-state index contributed by atoms with van der Waals surface area (Å²) in [5, 5.41) is 0. The Kier molecular flexibility index (Phi) is 3.77. The second-order valence-corrected chi connectivity index (χ2v) is 4.23. The molecule has 0 atom stereocenters. The van der Waals surface area contributed by atoms with Crippen molar-refractivity contribution in [2.45, 2.75) is 19.8 Å². The predicted molar refractivity (Wildman–Crippen MR) is 76.0 cm³/mol. The maximum atomic E-state index is 3.88. The molecule has 0 aliphatic rings. The summed E-state index contributed by atoms with van der Waals surface area (Å²) < 4.78 is 0. The molecule has 2 rings (SSSR count). The molecule has 17 heavy (non-hydrogen) atoms. The van der Waals surface area contributed by atoms with Gasteiger partial charge in [-0.15, -0.1) is 0 Å². The smallest absolute Gasteiger partial charge is 0.0181 e. The molecular weight excluding hydrogens is 204 g/mol. The normalized spacial score (nSPS) is 10.2. The van der Waals surface area contributed by atoms with E-state index in [4.69, 9.17) is 0 Å². The van der Waals surface area contributed by atoms with Gasteiger partial charge in [0.05, 0.1) is 0 Å². The summed E-state index contributed by atoms with van der Waals surface area (Å²) in [5.74, 6) is 0. The Labute approximate surface area is 104 Å². The van der Waals surface area contributed by atoms with Gasteiger partial charge in [0.25, 0.3) is 0 Å². The fraction of sp³-hybridized carbons (Fsp3) is 0.176. The van der Waals surface area contributed by atoms with E-state index in [9.17, 15) is 0 Å². The minimum absolute atomic E-state index is 1.11. The highest BCUT2D eigenvalue weighted by Crippen LogP contribution is 2.23. The van der Waals surface area contributed by atoms with E-state index in [2.05, 4.69) is 62.0 Å². The number of hydrogen-bond donors (Lipinski definition) is 0. The molecule has 0 saturated carbocycles. The molecule has 0 fully saturated rings. The maximum absolute atomic E-state index is 3.88. The quantitative estimate of drug-likeness (QED) is 0.686. The van der Waals surface area contributed by atoms with Crippen LogP contribution >= 0.6 is 0 Å². The first-order valence-electron chi connectivity index (χ1n) is 6.16. The number of hydrogen-bond acceptors (Lipinski definition) is 0. The zero-order valence-corrected chi connectivity index (χ0v) is 10.3. The first-order chi connectivity index (χ1) is 8.35. The van der Waals surface area contributed by atoms with Gasteiger partial charge in [0.1, 0.15) is 0 Å². The molecule has 0 amide bonds. The average Bonchev–Trinajstić information content (AvgIpc) is 2.40. The lowest BCUT2D eigenvalue weighted by Gasteiger charge is -2.08. The minimum Gasteiger partial charge on any atom is -0.0985 e. The molecule has 0 nitrogen and oxygen atoms in total. The van der Waals surface area contributed by atoms with Crippen molar-refractivity contribution in [3.63, 3.8) is 0 Å². The summed E-state index contributed by atoms with van der Waals surface area (Å²) in [6.45, 7) is 6.09. The molecule has 0 bridgehead atoms. The summed E-state index contributed by atoms with van der Waals surface area (Å²) in [7, 11) is 0. The Bertz CT molecular complexity index is 495. The number of aryl methyl sites for hydroxylation is 1. The third kappa shape index (κ3) is 2.65. The summed E-state index contributed by atoms with van der Waals surface area (Å²) in [6, 6.07) is 17.1. The van der Waals surface area contributed by atoms with Crippen LogP contribution in [-0.4, -0.2) is 0 Å². The first kappa shape index (κ1) is 11.7. The molecule has 0 aliphatic carbocycles. The van der Waals surface area contributed by atoms with Crippen LogP contribution in [0.5, 0.6) is 0 Å². The zero-order chi connectivity index (χ0) is 12.1. The standard InChI is InChI=1S/C17H18/c1-3-8-16-13-17(12-11-14(16)4-2)15-9-6-5-7-10-15/h4-7,9-13H,2-3,8H2,1H3. The van der Waals surface area contributed by atoms with Crippen molar-refractivity contribution < 1.29 is 0 Å². The fourth-order valence-electron chi connectivity index (χ4n) is 2.10. The van der Waals surface area contributed by atoms with Crippen molar-refractivity contribution in [2.24, 2.45) is 0 Å². The molecule has 0 saturated heterocycles. The highest BCUT2D eigenvalue weighted by molar-refractivity contribution is 5.67. The van der Waals surface area contributed by atoms with Crippen molar-refractivity contribution in [2.75, 3.05) is 0 Å². The van der Waals surface area contributed by atoms with Crippen LogP contribution in [0.3, 0.4) is 0 Å². The lowest BCUT2D eigenvalue weighted by molar-refractivity contribution is 0.920. The van der Waals surface area contributed by atoms with Gasteiger partial charge in [0, 0.05) is 0 Å². The van der Waals surface area contributed by atoms with E-state index in [-0.39, 0.29) is 0 Å². The topological polar surface area (TPSA) is 0 Å². The van der Waals surface area contributed by atoms with Crippen molar-refractivity contribution in [1.82, 2.24) is 0 Å². The Morgan fingerprint density at radius 1 is 1.00 bits per heavy atom. The molecule has 0 unspecified atom stereocenters. The van der Waals surface area contributed by atoms with Crippen LogP contribution in [0.15, 0.2) is 55.1 Å². The highest BCUT2D eigenvalue weighted by Gasteiger charge is 2.02. The summed E-state index contributed by atoms with van der Waals surface area (Å²) in [4.78, 5) is 0. The number of benzene rings is 2. The largest absolute Gasteiger partial charge is 0.0985 e. The van der Waals surface area contributed by atoms with E-state index in [1.165, 1.54) is 28.7 Å². The van der Waals surface area contributed by atoms with Gasteiger partial charge < -0.3 is 0 Å². The van der Waals surface area contributed by atoms with E-state index in [1.807, 2.05) is 6.08 Å². The van der Waals surface area contributed by atoms with Gasteiger partial charge in [-0.1, -0.05) is 74.5 Å². The van der Waals surface area contributed by atoms with Crippen LogP contribution < -0.4 is 0 Å². The van der Waals surface area contributed by atoms with Crippen LogP contribution in [0.4, 0.5) is 0 Å². The van der Waals surface area contributed by atoms with Gasteiger partial charge in [0.2, 0.25) is 0 Å². The SMILES string of the molecule is C=Cc1ccc(-c2ccccc2)cc1CCC. The van der Waals surface area contributed by atoms with E-state index >= 15 is 0 Å². The Hall–Kier alpha value is -1.82. The third-order valence-corrected chi connectivity index (χ3v) is 2.99. The van der Waals surface area contributed by atoms with Crippen molar-refractivity contribution in [1.29, 1.82) is 0 Å². The van der Waals surface area contributed by atoms with E-state index in [0.717, 1.165) is 6.42 Å². The van der Waals surface area contributed by atoms with Gasteiger partial charge in [-0.3, -0.25) is 0 Å². The summed E-state index contributed by atoms with van der Waals surface area (Å²) in [5.41, 5.74) is 5.22. The second kappa shape index (κ2) is 5.49. The molecule has 2 aromatic rings. The molecular formula is C17H18. The zero-order valence-electron chi connectivity index (χ0n) is 10.3. The van der Waals surface area contributed by atoms with Gasteiger partial charge in [-0.05, 0) is 28.7 Å². The van der Waals surface area contributed by atoms with Crippen LogP contribution in [0, 0.1) is 0 Å². The minimum atomic E-state index is 1.11. The van der Waals surface area contributed by atoms with Crippen LogP contribution in [-0.2, 0) is 6.42 Å². The van der Waals surface area contributed by atoms with Gasteiger partial charge in [-0.2, -0.15) is 0 Å². The van der Waals surface area contributed by atoms with Gasteiger partial charge in [-0.25, -0.2) is 0 Å². The highest BCUT2D eigenvalue weighted by atomic mass is 14.1. The van der Waals surface area contributed by atoms with Crippen LogP contribution in [0.1, 0.15) is 24.5 Å². The Morgan fingerprint density at radius 3 is 2.41 bits per heavy atom. The van der Waals surface area contributed by atoms with Crippen LogP contribution in [0.25, 0.3) is 17.2 Å². The lowest BCUT2D eigenvalue weighted by Crippen LogP contribution is -1.89. The monoisotopic (exact) mass is 222 g/mol. The molecule has 0 radical (unpaired) electrons. The maximum Gasteiger partial charge on any atom is -0.0181 e. The molecule has 0 spiro atoms. The predicted octanol–water partition coefficient (Wildman–Crippen LogP) is 4.95. The average molecular weight is 222 g/mol. The summed E-state index contributed by atoms with van der Waals surface area (Å²) in [6.07, 6.45) is 4.22. The molecule has 0 aliphatic heterocycles. The molecule has 0 heterocycles. The van der Waals surface area contributed by atoms with Crippen LogP contribution in [0.2, 0.25) is 0 Å². The van der Waals surface area contributed by atoms with Crippen molar-refractivity contribution in [3.05, 3.63) is 66.2 Å². The Balaban J connectivity index is 2.43. The van der Waals surface area contributed by atoms with Crippen molar-refractivity contribution >= 4 is 6.08 Å². The van der Waals surface area contributed by atoms with E-state index in [0.29, 0.717) is 0 Å². The first-order valence-corrected chi connectivity index (χ1v) is 6.16. The molecule has 0 heteroatoms. The van der Waals surface area contributed by atoms with E-state index in [1.54, 1.807) is 0 Å². The lowest BCUT2D eigenvalue weighted by atomic mass is 9.97.